The lowest BCUT2D eigenvalue weighted by Gasteiger charge is -2.23. The molecule has 1 aromatic carbocycles. The largest absolute Gasteiger partial charge is 0.324 e. The quantitative estimate of drug-likeness (QED) is 0.668. The SMILES string of the molecule is CC1(CNS(=O)(=O)c2cccc(F)c2[N+](=O)[O-])CCCC1. The summed E-state index contributed by atoms with van der Waals surface area (Å²) in [5, 5.41) is 10.9. The second-order valence-corrected chi connectivity index (χ2v) is 7.42. The number of nitrogens with one attached hydrogen (secondary N) is 1. The number of hydrogen-bond acceptors (Lipinski definition) is 4. The molecule has 0 unspecified atom stereocenters. The second-order valence-electron chi connectivity index (χ2n) is 5.69. The third kappa shape index (κ3) is 3.38. The lowest BCUT2D eigenvalue weighted by atomic mass is 9.89. The molecule has 0 spiro atoms. The van der Waals surface area contributed by atoms with Gasteiger partial charge in [-0.05, 0) is 30.4 Å². The first-order valence-corrected chi connectivity index (χ1v) is 8.16. The molecular formula is C13H17FN2O4S. The Labute approximate surface area is 122 Å². The molecule has 1 aromatic rings. The van der Waals surface area contributed by atoms with Crippen molar-refractivity contribution in [3.05, 3.63) is 34.1 Å². The smallest absolute Gasteiger partial charge is 0.258 e. The minimum absolute atomic E-state index is 0.144. The fraction of sp³-hybridized carbons (Fsp3) is 0.538. The number of para-hydroxylation sites is 1. The van der Waals surface area contributed by atoms with Crippen molar-refractivity contribution in [2.75, 3.05) is 6.54 Å². The molecule has 1 N–H and O–H groups in total. The molecule has 0 bridgehead atoms. The maximum absolute atomic E-state index is 13.5. The van der Waals surface area contributed by atoms with Crippen molar-refractivity contribution in [1.29, 1.82) is 0 Å². The van der Waals surface area contributed by atoms with Crippen LogP contribution >= 0.6 is 0 Å². The fourth-order valence-electron chi connectivity index (χ4n) is 2.64. The first kappa shape index (κ1) is 15.8. The van der Waals surface area contributed by atoms with E-state index in [0.717, 1.165) is 43.9 Å². The molecule has 0 radical (unpaired) electrons. The summed E-state index contributed by atoms with van der Waals surface area (Å²) >= 11 is 0. The molecule has 1 aliphatic rings. The highest BCUT2D eigenvalue weighted by Crippen LogP contribution is 2.37. The Morgan fingerprint density at radius 1 is 1.38 bits per heavy atom. The van der Waals surface area contributed by atoms with Crippen LogP contribution < -0.4 is 4.72 Å². The van der Waals surface area contributed by atoms with Crippen LogP contribution in [0.15, 0.2) is 23.1 Å². The number of nitrogens with zero attached hydrogens (tertiary/aromatic N) is 1. The van der Waals surface area contributed by atoms with Crippen LogP contribution in [-0.2, 0) is 10.0 Å². The van der Waals surface area contributed by atoms with Gasteiger partial charge in [-0.25, -0.2) is 13.1 Å². The Bertz CT molecular complexity index is 654. The van der Waals surface area contributed by atoms with Crippen molar-refractivity contribution in [3.8, 4) is 0 Å². The van der Waals surface area contributed by atoms with Gasteiger partial charge in [0.25, 0.3) is 0 Å². The van der Waals surface area contributed by atoms with E-state index < -0.39 is 31.3 Å². The van der Waals surface area contributed by atoms with Gasteiger partial charge in [0.2, 0.25) is 15.8 Å². The molecule has 0 atom stereocenters. The molecule has 116 valence electrons. The van der Waals surface area contributed by atoms with Crippen LogP contribution in [0.2, 0.25) is 0 Å². The van der Waals surface area contributed by atoms with Gasteiger partial charge in [-0.15, -0.1) is 0 Å². The van der Waals surface area contributed by atoms with E-state index in [1.165, 1.54) is 0 Å². The van der Waals surface area contributed by atoms with Crippen LogP contribution in [0, 0.1) is 21.3 Å². The van der Waals surface area contributed by atoms with Crippen LogP contribution in [0.1, 0.15) is 32.6 Å². The molecule has 0 saturated heterocycles. The fourth-order valence-corrected chi connectivity index (χ4v) is 4.02. The Hall–Kier alpha value is -1.54. The van der Waals surface area contributed by atoms with Gasteiger partial charge in [0.15, 0.2) is 4.90 Å². The van der Waals surface area contributed by atoms with Crippen molar-refractivity contribution >= 4 is 15.7 Å². The molecule has 0 heterocycles. The summed E-state index contributed by atoms with van der Waals surface area (Å²) in [5.41, 5.74) is -1.16. The van der Waals surface area contributed by atoms with E-state index in [-0.39, 0.29) is 12.0 Å². The Balaban J connectivity index is 2.28. The summed E-state index contributed by atoms with van der Waals surface area (Å²) in [6, 6.07) is 3.06. The predicted molar refractivity (Wildman–Crippen MR) is 74.8 cm³/mol. The van der Waals surface area contributed by atoms with Crippen LogP contribution in [0.5, 0.6) is 0 Å². The molecule has 8 heteroatoms. The van der Waals surface area contributed by atoms with Gasteiger partial charge in [0.1, 0.15) is 0 Å². The first-order valence-electron chi connectivity index (χ1n) is 6.68. The number of nitro benzene ring substituents is 1. The van der Waals surface area contributed by atoms with Crippen molar-refractivity contribution in [2.24, 2.45) is 5.41 Å². The second kappa shape index (κ2) is 5.69. The van der Waals surface area contributed by atoms with E-state index >= 15 is 0 Å². The Kier molecular flexibility index (Phi) is 4.29. The summed E-state index contributed by atoms with van der Waals surface area (Å²) in [4.78, 5) is 9.24. The Morgan fingerprint density at radius 2 is 2.00 bits per heavy atom. The van der Waals surface area contributed by atoms with Crippen molar-refractivity contribution in [3.63, 3.8) is 0 Å². The number of halogens is 1. The number of benzene rings is 1. The number of sulfonamides is 1. The summed E-state index contributed by atoms with van der Waals surface area (Å²) in [6.45, 7) is 2.17. The molecule has 2 rings (SSSR count). The maximum atomic E-state index is 13.5. The first-order chi connectivity index (χ1) is 9.75. The molecule has 6 nitrogen and oxygen atoms in total. The predicted octanol–water partition coefficient (Wildman–Crippen LogP) is 2.59. The molecule has 0 amide bonds. The van der Waals surface area contributed by atoms with E-state index in [4.69, 9.17) is 0 Å². The van der Waals surface area contributed by atoms with Crippen LogP contribution in [0.3, 0.4) is 0 Å². The monoisotopic (exact) mass is 316 g/mol. The van der Waals surface area contributed by atoms with E-state index in [0.29, 0.717) is 0 Å². The minimum Gasteiger partial charge on any atom is -0.258 e. The van der Waals surface area contributed by atoms with Gasteiger partial charge in [0.05, 0.1) is 4.92 Å². The summed E-state index contributed by atoms with van der Waals surface area (Å²) in [6.07, 6.45) is 3.89. The van der Waals surface area contributed by atoms with Crippen LogP contribution in [0.4, 0.5) is 10.1 Å². The average molecular weight is 316 g/mol. The molecule has 0 aliphatic heterocycles. The highest BCUT2D eigenvalue weighted by Gasteiger charge is 2.33. The van der Waals surface area contributed by atoms with E-state index in [9.17, 15) is 22.9 Å². The zero-order chi connectivity index (χ0) is 15.7. The Morgan fingerprint density at radius 3 is 2.57 bits per heavy atom. The summed E-state index contributed by atoms with van der Waals surface area (Å²) in [7, 11) is -4.12. The number of hydrogen-bond donors (Lipinski definition) is 1. The number of rotatable bonds is 5. The van der Waals surface area contributed by atoms with Gasteiger partial charge in [-0.3, -0.25) is 10.1 Å². The van der Waals surface area contributed by atoms with Crippen molar-refractivity contribution in [1.82, 2.24) is 4.72 Å². The van der Waals surface area contributed by atoms with Gasteiger partial charge in [-0.2, -0.15) is 4.39 Å². The van der Waals surface area contributed by atoms with Crippen LogP contribution in [0.25, 0.3) is 0 Å². The molecular weight excluding hydrogens is 299 g/mol. The normalized spacial score (nSPS) is 17.8. The van der Waals surface area contributed by atoms with Gasteiger partial charge < -0.3 is 0 Å². The van der Waals surface area contributed by atoms with E-state index in [1.54, 1.807) is 0 Å². The molecule has 1 fully saturated rings. The topological polar surface area (TPSA) is 89.3 Å². The van der Waals surface area contributed by atoms with E-state index in [2.05, 4.69) is 4.72 Å². The maximum Gasteiger partial charge on any atom is 0.324 e. The summed E-state index contributed by atoms with van der Waals surface area (Å²) in [5.74, 6) is -1.16. The van der Waals surface area contributed by atoms with Crippen molar-refractivity contribution < 1.29 is 17.7 Å². The van der Waals surface area contributed by atoms with E-state index in [1.807, 2.05) is 6.92 Å². The third-order valence-corrected chi connectivity index (χ3v) is 5.35. The average Bonchev–Trinajstić information content (AvgIpc) is 2.83. The summed E-state index contributed by atoms with van der Waals surface area (Å²) < 4.78 is 40.3. The third-order valence-electron chi connectivity index (χ3n) is 3.92. The lowest BCUT2D eigenvalue weighted by molar-refractivity contribution is -0.390. The van der Waals surface area contributed by atoms with Crippen molar-refractivity contribution in [2.45, 2.75) is 37.5 Å². The van der Waals surface area contributed by atoms with Gasteiger partial charge in [-0.1, -0.05) is 25.8 Å². The molecule has 21 heavy (non-hydrogen) atoms. The number of nitro groups is 1. The highest BCUT2D eigenvalue weighted by atomic mass is 32.2. The van der Waals surface area contributed by atoms with Gasteiger partial charge >= 0.3 is 5.69 Å². The minimum atomic E-state index is -4.12. The highest BCUT2D eigenvalue weighted by molar-refractivity contribution is 7.89. The van der Waals surface area contributed by atoms with Gasteiger partial charge in [0, 0.05) is 6.54 Å². The molecule has 0 aromatic heterocycles. The lowest BCUT2D eigenvalue weighted by Crippen LogP contribution is -2.34. The zero-order valence-electron chi connectivity index (χ0n) is 11.6. The zero-order valence-corrected chi connectivity index (χ0v) is 12.5. The van der Waals surface area contributed by atoms with Crippen LogP contribution in [-0.4, -0.2) is 19.9 Å². The molecule has 1 saturated carbocycles. The molecule has 1 aliphatic carbocycles. The standard InChI is InChI=1S/C13H17FN2O4S/c1-13(7-2-3-8-13)9-15-21(19,20)11-6-4-5-10(14)12(11)16(17)18/h4-6,15H,2-3,7-9H2,1H3.